The standard InChI is InChI=1S/C18H20N4OS/c1-21(11-8-17-20-9-12-24-17)16-3-2-10-22(18(16)23)15-6-4-14(13-19)5-7-15/h4-7,9,12,16H,2-3,8,10-11H2,1H3. The lowest BCUT2D eigenvalue weighted by molar-refractivity contribution is -0.124. The van der Waals surface area contributed by atoms with Crippen molar-refractivity contribution in [2.24, 2.45) is 0 Å². The summed E-state index contributed by atoms with van der Waals surface area (Å²) in [5.74, 6) is 0.146. The van der Waals surface area contributed by atoms with Crippen LogP contribution in [0.1, 0.15) is 23.4 Å². The van der Waals surface area contributed by atoms with Gasteiger partial charge >= 0.3 is 0 Å². The van der Waals surface area contributed by atoms with Gasteiger partial charge < -0.3 is 4.90 Å². The largest absolute Gasteiger partial charge is 0.311 e. The van der Waals surface area contributed by atoms with Gasteiger partial charge in [0.15, 0.2) is 0 Å². The van der Waals surface area contributed by atoms with Gasteiger partial charge in [-0.3, -0.25) is 9.69 Å². The first-order valence-electron chi connectivity index (χ1n) is 8.09. The summed E-state index contributed by atoms with van der Waals surface area (Å²) in [5, 5.41) is 12.0. The van der Waals surface area contributed by atoms with Gasteiger partial charge in [0, 0.05) is 36.8 Å². The van der Waals surface area contributed by atoms with Crippen LogP contribution in [0.4, 0.5) is 5.69 Å². The second-order valence-electron chi connectivity index (χ2n) is 5.96. The molecular weight excluding hydrogens is 320 g/mol. The summed E-state index contributed by atoms with van der Waals surface area (Å²) < 4.78 is 0. The minimum absolute atomic E-state index is 0.0886. The molecule has 0 bridgehead atoms. The van der Waals surface area contributed by atoms with E-state index in [0.717, 1.165) is 43.0 Å². The summed E-state index contributed by atoms with van der Waals surface area (Å²) in [7, 11) is 2.01. The average molecular weight is 340 g/mol. The molecule has 0 saturated carbocycles. The molecule has 0 spiro atoms. The number of carbonyl (C=O) groups excluding carboxylic acids is 1. The smallest absolute Gasteiger partial charge is 0.244 e. The van der Waals surface area contributed by atoms with Gasteiger partial charge in [-0.25, -0.2) is 4.98 Å². The van der Waals surface area contributed by atoms with Gasteiger partial charge in [-0.15, -0.1) is 11.3 Å². The zero-order chi connectivity index (χ0) is 16.9. The molecule has 1 amide bonds. The van der Waals surface area contributed by atoms with Gasteiger partial charge in [-0.2, -0.15) is 5.26 Å². The van der Waals surface area contributed by atoms with E-state index in [9.17, 15) is 4.79 Å². The minimum atomic E-state index is -0.0886. The fraction of sp³-hybridized carbons (Fsp3) is 0.389. The van der Waals surface area contributed by atoms with Crippen molar-refractivity contribution in [1.29, 1.82) is 5.26 Å². The molecule has 5 nitrogen and oxygen atoms in total. The minimum Gasteiger partial charge on any atom is -0.311 e. The zero-order valence-corrected chi connectivity index (χ0v) is 14.5. The van der Waals surface area contributed by atoms with Crippen LogP contribution in [0.5, 0.6) is 0 Å². The molecule has 2 heterocycles. The molecule has 0 N–H and O–H groups in total. The lowest BCUT2D eigenvalue weighted by atomic mass is 10.0. The third kappa shape index (κ3) is 3.64. The summed E-state index contributed by atoms with van der Waals surface area (Å²) in [6.07, 6.45) is 4.56. The van der Waals surface area contributed by atoms with E-state index in [4.69, 9.17) is 5.26 Å². The van der Waals surface area contributed by atoms with Crippen LogP contribution in [0.3, 0.4) is 0 Å². The molecule has 1 unspecified atom stereocenters. The Morgan fingerprint density at radius 3 is 2.88 bits per heavy atom. The highest BCUT2D eigenvalue weighted by Gasteiger charge is 2.32. The fourth-order valence-corrected chi connectivity index (χ4v) is 3.65. The average Bonchev–Trinajstić information content (AvgIpc) is 3.13. The van der Waals surface area contributed by atoms with Crippen LogP contribution >= 0.6 is 11.3 Å². The van der Waals surface area contributed by atoms with E-state index >= 15 is 0 Å². The quantitative estimate of drug-likeness (QED) is 0.840. The van der Waals surface area contributed by atoms with Crippen LogP contribution in [0.2, 0.25) is 0 Å². The molecular formula is C18H20N4OS. The van der Waals surface area contributed by atoms with Gasteiger partial charge in [0.05, 0.1) is 22.7 Å². The molecule has 1 saturated heterocycles. The Bertz CT molecular complexity index is 720. The van der Waals surface area contributed by atoms with Crippen LogP contribution in [0, 0.1) is 11.3 Å². The van der Waals surface area contributed by atoms with Crippen molar-refractivity contribution in [2.75, 3.05) is 25.0 Å². The number of aromatic nitrogens is 1. The molecule has 1 atom stereocenters. The number of amides is 1. The maximum atomic E-state index is 12.9. The monoisotopic (exact) mass is 340 g/mol. The van der Waals surface area contributed by atoms with Crippen LogP contribution in [-0.4, -0.2) is 42.0 Å². The number of benzene rings is 1. The van der Waals surface area contributed by atoms with Crippen molar-refractivity contribution in [3.63, 3.8) is 0 Å². The third-order valence-electron chi connectivity index (χ3n) is 4.41. The van der Waals surface area contributed by atoms with E-state index in [1.165, 1.54) is 0 Å². The molecule has 124 valence electrons. The molecule has 0 radical (unpaired) electrons. The summed E-state index contributed by atoms with van der Waals surface area (Å²) in [6.45, 7) is 1.56. The lowest BCUT2D eigenvalue weighted by Gasteiger charge is -2.36. The maximum Gasteiger partial charge on any atom is 0.244 e. The highest BCUT2D eigenvalue weighted by Crippen LogP contribution is 2.24. The normalized spacial score (nSPS) is 18.0. The van der Waals surface area contributed by atoms with Gasteiger partial charge in [-0.1, -0.05) is 0 Å². The second-order valence-corrected chi connectivity index (χ2v) is 6.94. The number of hydrogen-bond acceptors (Lipinski definition) is 5. The fourth-order valence-electron chi connectivity index (χ4n) is 3.04. The van der Waals surface area contributed by atoms with Crippen molar-refractivity contribution >= 4 is 22.9 Å². The third-order valence-corrected chi connectivity index (χ3v) is 5.25. The van der Waals surface area contributed by atoms with E-state index in [2.05, 4.69) is 16.0 Å². The topological polar surface area (TPSA) is 60.2 Å². The number of rotatable bonds is 5. The first-order chi connectivity index (χ1) is 11.7. The number of likely N-dealkylation sites (N-methyl/N-ethyl adjacent to an activating group) is 1. The highest BCUT2D eigenvalue weighted by atomic mass is 32.1. The molecule has 0 aliphatic carbocycles. The Morgan fingerprint density at radius 2 is 2.21 bits per heavy atom. The molecule has 6 heteroatoms. The molecule has 1 aliphatic heterocycles. The van der Waals surface area contributed by atoms with Crippen molar-refractivity contribution in [3.8, 4) is 6.07 Å². The van der Waals surface area contributed by atoms with E-state index in [0.29, 0.717) is 5.56 Å². The van der Waals surface area contributed by atoms with E-state index in [1.54, 1.807) is 23.5 Å². The maximum absolute atomic E-state index is 12.9. The summed E-state index contributed by atoms with van der Waals surface area (Å²) in [5.41, 5.74) is 1.48. The number of hydrogen-bond donors (Lipinski definition) is 0. The number of piperidine rings is 1. The van der Waals surface area contributed by atoms with Gasteiger partial charge in [0.1, 0.15) is 0 Å². The lowest BCUT2D eigenvalue weighted by Crippen LogP contribution is -2.51. The summed E-state index contributed by atoms with van der Waals surface area (Å²) in [4.78, 5) is 21.2. The number of nitrogens with zero attached hydrogens (tertiary/aromatic N) is 4. The molecule has 3 rings (SSSR count). The van der Waals surface area contributed by atoms with Gasteiger partial charge in [0.2, 0.25) is 5.91 Å². The Balaban J connectivity index is 1.66. The number of carbonyl (C=O) groups is 1. The molecule has 24 heavy (non-hydrogen) atoms. The Morgan fingerprint density at radius 1 is 1.42 bits per heavy atom. The first-order valence-corrected chi connectivity index (χ1v) is 8.97. The molecule has 2 aromatic rings. The van der Waals surface area contributed by atoms with Gasteiger partial charge in [-0.05, 0) is 44.2 Å². The highest BCUT2D eigenvalue weighted by molar-refractivity contribution is 7.09. The van der Waals surface area contributed by atoms with Crippen LogP contribution < -0.4 is 4.90 Å². The molecule has 1 aromatic heterocycles. The molecule has 1 fully saturated rings. The summed E-state index contributed by atoms with van der Waals surface area (Å²) >= 11 is 1.65. The van der Waals surface area contributed by atoms with Crippen LogP contribution in [0.25, 0.3) is 0 Å². The van der Waals surface area contributed by atoms with Crippen molar-refractivity contribution < 1.29 is 4.79 Å². The first kappa shape index (κ1) is 16.6. The second kappa shape index (κ2) is 7.56. The van der Waals surface area contributed by atoms with E-state index in [1.807, 2.05) is 35.7 Å². The molecule has 1 aliphatic rings. The molecule has 1 aromatic carbocycles. The van der Waals surface area contributed by atoms with Crippen molar-refractivity contribution in [2.45, 2.75) is 25.3 Å². The number of nitriles is 1. The predicted molar refractivity (Wildman–Crippen MR) is 95.0 cm³/mol. The van der Waals surface area contributed by atoms with Crippen LogP contribution in [0.15, 0.2) is 35.8 Å². The van der Waals surface area contributed by atoms with Crippen molar-refractivity contribution in [1.82, 2.24) is 9.88 Å². The van der Waals surface area contributed by atoms with Gasteiger partial charge in [0.25, 0.3) is 0 Å². The van der Waals surface area contributed by atoms with Crippen molar-refractivity contribution in [3.05, 3.63) is 46.4 Å². The summed E-state index contributed by atoms with van der Waals surface area (Å²) in [6, 6.07) is 9.26. The van der Waals surface area contributed by atoms with E-state index < -0.39 is 0 Å². The zero-order valence-electron chi connectivity index (χ0n) is 13.7. The SMILES string of the molecule is CN(CCc1nccs1)C1CCCN(c2ccc(C#N)cc2)C1=O. The Labute approximate surface area is 146 Å². The van der Waals surface area contributed by atoms with E-state index in [-0.39, 0.29) is 11.9 Å². The Hall–Kier alpha value is -2.23. The Kier molecular flexibility index (Phi) is 5.24. The van der Waals surface area contributed by atoms with Crippen LogP contribution in [-0.2, 0) is 11.2 Å². The number of anilines is 1. The predicted octanol–water partition coefficient (Wildman–Crippen LogP) is 2.68. The number of thiazole rings is 1.